The van der Waals surface area contributed by atoms with Crippen LogP contribution in [0, 0.1) is 5.41 Å². The molecule has 0 radical (unpaired) electrons. The van der Waals surface area contributed by atoms with E-state index in [9.17, 15) is 8.42 Å². The summed E-state index contributed by atoms with van der Waals surface area (Å²) in [7, 11) is -2.84. The third-order valence-corrected chi connectivity index (χ3v) is 4.19. The Morgan fingerprint density at radius 3 is 2.36 bits per heavy atom. The molecule has 0 aliphatic heterocycles. The summed E-state index contributed by atoms with van der Waals surface area (Å²) >= 11 is 0. The quantitative estimate of drug-likeness (QED) is 0.730. The van der Waals surface area contributed by atoms with Crippen LogP contribution in [0.15, 0.2) is 0 Å². The van der Waals surface area contributed by atoms with Gasteiger partial charge in [0.1, 0.15) is 9.84 Å². The van der Waals surface area contributed by atoms with E-state index in [4.69, 9.17) is 0 Å². The van der Waals surface area contributed by atoms with Crippen LogP contribution in [0.3, 0.4) is 0 Å². The van der Waals surface area contributed by atoms with Crippen molar-refractivity contribution >= 4 is 9.84 Å². The fourth-order valence-electron chi connectivity index (χ4n) is 1.74. The maximum absolute atomic E-state index is 11.0. The van der Waals surface area contributed by atoms with Gasteiger partial charge in [-0.2, -0.15) is 0 Å². The summed E-state index contributed by atoms with van der Waals surface area (Å²) in [5, 5.41) is 3.31. The van der Waals surface area contributed by atoms with E-state index >= 15 is 0 Å². The third kappa shape index (κ3) is 3.96. The minimum absolute atomic E-state index is 0.0778. The lowest BCUT2D eigenvalue weighted by Gasteiger charge is -2.18. The van der Waals surface area contributed by atoms with Crippen molar-refractivity contribution in [3.8, 4) is 0 Å². The molecule has 1 aliphatic rings. The van der Waals surface area contributed by atoms with Crippen LogP contribution in [-0.2, 0) is 9.84 Å². The molecule has 1 atom stereocenters. The van der Waals surface area contributed by atoms with Gasteiger partial charge in [0.15, 0.2) is 0 Å². The summed E-state index contributed by atoms with van der Waals surface area (Å²) in [6, 6.07) is 0.0778. The summed E-state index contributed by atoms with van der Waals surface area (Å²) in [6.07, 6.45) is 5.08. The average molecular weight is 219 g/mol. The van der Waals surface area contributed by atoms with Crippen molar-refractivity contribution in [2.24, 2.45) is 5.41 Å². The van der Waals surface area contributed by atoms with E-state index < -0.39 is 9.84 Å². The summed E-state index contributed by atoms with van der Waals surface area (Å²) in [5.41, 5.74) is 0.492. The predicted octanol–water partition coefficient (Wildman–Crippen LogP) is 1.20. The monoisotopic (exact) mass is 219 g/mol. The molecule has 1 N–H and O–H groups in total. The molecule has 1 unspecified atom stereocenters. The maximum atomic E-state index is 11.0. The largest absolute Gasteiger partial charge is 0.313 e. The molecule has 0 saturated heterocycles. The van der Waals surface area contributed by atoms with E-state index in [0.29, 0.717) is 5.41 Å². The normalized spacial score (nSPS) is 21.9. The molecule has 1 aliphatic carbocycles. The summed E-state index contributed by atoms with van der Waals surface area (Å²) in [6.45, 7) is 5.11. The van der Waals surface area contributed by atoms with Crippen LogP contribution < -0.4 is 5.32 Å². The molecular formula is C10H21NO2S. The van der Waals surface area contributed by atoms with Crippen LogP contribution in [0.25, 0.3) is 0 Å². The van der Waals surface area contributed by atoms with Gasteiger partial charge in [0, 0.05) is 18.8 Å². The Labute approximate surface area is 87.2 Å². The smallest absolute Gasteiger partial charge is 0.148 e. The minimum atomic E-state index is -2.84. The lowest BCUT2D eigenvalue weighted by atomic mass is 10.0. The van der Waals surface area contributed by atoms with Gasteiger partial charge in [-0.1, -0.05) is 6.92 Å². The van der Waals surface area contributed by atoms with Gasteiger partial charge in [-0.05, 0) is 31.6 Å². The summed E-state index contributed by atoms with van der Waals surface area (Å²) in [4.78, 5) is 0. The van der Waals surface area contributed by atoms with Gasteiger partial charge in [-0.3, -0.25) is 0 Å². The van der Waals surface area contributed by atoms with E-state index in [1.165, 1.54) is 25.5 Å². The van der Waals surface area contributed by atoms with Gasteiger partial charge in [-0.15, -0.1) is 0 Å². The van der Waals surface area contributed by atoms with Gasteiger partial charge in [0.05, 0.1) is 5.75 Å². The van der Waals surface area contributed by atoms with Crippen molar-refractivity contribution in [2.75, 3.05) is 18.6 Å². The Morgan fingerprint density at radius 1 is 1.43 bits per heavy atom. The van der Waals surface area contributed by atoms with E-state index in [-0.39, 0.29) is 11.8 Å². The van der Waals surface area contributed by atoms with E-state index in [2.05, 4.69) is 12.2 Å². The molecule has 1 fully saturated rings. The van der Waals surface area contributed by atoms with Gasteiger partial charge < -0.3 is 5.32 Å². The second-order valence-electron chi connectivity index (χ2n) is 4.73. The van der Waals surface area contributed by atoms with Crippen molar-refractivity contribution in [1.29, 1.82) is 0 Å². The van der Waals surface area contributed by atoms with Gasteiger partial charge in [0.2, 0.25) is 0 Å². The van der Waals surface area contributed by atoms with Crippen molar-refractivity contribution in [2.45, 2.75) is 39.2 Å². The highest BCUT2D eigenvalue weighted by Gasteiger charge is 2.40. The number of nitrogens with one attached hydrogen (secondary N) is 1. The summed E-state index contributed by atoms with van der Waals surface area (Å²) < 4.78 is 22.0. The van der Waals surface area contributed by atoms with Gasteiger partial charge in [-0.25, -0.2) is 8.42 Å². The highest BCUT2D eigenvalue weighted by Crippen LogP contribution is 2.47. The molecule has 0 bridgehead atoms. The fraction of sp³-hybridized carbons (Fsp3) is 1.00. The maximum Gasteiger partial charge on any atom is 0.148 e. The van der Waals surface area contributed by atoms with E-state index in [1.54, 1.807) is 0 Å². The van der Waals surface area contributed by atoms with Gasteiger partial charge >= 0.3 is 0 Å². The Hall–Kier alpha value is -0.0900. The molecule has 0 aromatic rings. The van der Waals surface area contributed by atoms with E-state index in [1.807, 2.05) is 6.92 Å². The number of rotatable bonds is 6. The first-order chi connectivity index (χ1) is 6.37. The standard InChI is InChI=1S/C10H21NO2S/c1-4-10(5-6-10)8-11-9(2)7-14(3,12)13/h9,11H,4-8H2,1-3H3. The molecule has 14 heavy (non-hydrogen) atoms. The van der Waals surface area contributed by atoms with Gasteiger partial charge in [0.25, 0.3) is 0 Å². The lowest BCUT2D eigenvalue weighted by Crippen LogP contribution is -2.36. The molecule has 0 aromatic carbocycles. The Bertz CT molecular complexity index is 280. The van der Waals surface area contributed by atoms with Crippen molar-refractivity contribution in [1.82, 2.24) is 5.32 Å². The van der Waals surface area contributed by atoms with Crippen molar-refractivity contribution in [3.05, 3.63) is 0 Å². The zero-order valence-corrected chi connectivity index (χ0v) is 10.2. The molecule has 4 heteroatoms. The van der Waals surface area contributed by atoms with Crippen LogP contribution in [-0.4, -0.2) is 33.0 Å². The second kappa shape index (κ2) is 4.19. The topological polar surface area (TPSA) is 46.2 Å². The Balaban J connectivity index is 2.25. The molecule has 1 rings (SSSR count). The molecule has 0 heterocycles. The lowest BCUT2D eigenvalue weighted by molar-refractivity contribution is 0.420. The van der Waals surface area contributed by atoms with Crippen molar-refractivity contribution < 1.29 is 8.42 Å². The van der Waals surface area contributed by atoms with Crippen LogP contribution in [0.2, 0.25) is 0 Å². The zero-order valence-electron chi connectivity index (χ0n) is 9.34. The SMILES string of the molecule is CCC1(CNC(C)CS(C)(=O)=O)CC1. The molecule has 3 nitrogen and oxygen atoms in total. The third-order valence-electron chi connectivity index (χ3n) is 3.09. The molecule has 84 valence electrons. The molecule has 0 spiro atoms. The Kier molecular flexibility index (Phi) is 3.58. The summed E-state index contributed by atoms with van der Waals surface area (Å²) in [5.74, 6) is 0.243. The van der Waals surface area contributed by atoms with Crippen LogP contribution >= 0.6 is 0 Å². The average Bonchev–Trinajstić information content (AvgIpc) is 2.78. The highest BCUT2D eigenvalue weighted by atomic mass is 32.2. The molecule has 1 saturated carbocycles. The second-order valence-corrected chi connectivity index (χ2v) is 6.91. The number of hydrogen-bond donors (Lipinski definition) is 1. The number of sulfone groups is 1. The van der Waals surface area contributed by atoms with Crippen LogP contribution in [0.4, 0.5) is 0 Å². The highest BCUT2D eigenvalue weighted by molar-refractivity contribution is 7.90. The van der Waals surface area contributed by atoms with Crippen LogP contribution in [0.1, 0.15) is 33.1 Å². The first kappa shape index (κ1) is 12.0. The zero-order chi connectivity index (χ0) is 10.8. The molecule has 0 amide bonds. The first-order valence-electron chi connectivity index (χ1n) is 5.28. The molecular weight excluding hydrogens is 198 g/mol. The number of hydrogen-bond acceptors (Lipinski definition) is 3. The first-order valence-corrected chi connectivity index (χ1v) is 7.34. The minimum Gasteiger partial charge on any atom is -0.313 e. The predicted molar refractivity (Wildman–Crippen MR) is 59.1 cm³/mol. The fourth-order valence-corrected chi connectivity index (χ4v) is 2.76. The Morgan fingerprint density at radius 2 is 2.00 bits per heavy atom. The van der Waals surface area contributed by atoms with Crippen LogP contribution in [0.5, 0.6) is 0 Å². The van der Waals surface area contributed by atoms with Crippen molar-refractivity contribution in [3.63, 3.8) is 0 Å². The molecule has 0 aromatic heterocycles. The van der Waals surface area contributed by atoms with E-state index in [0.717, 1.165) is 6.54 Å².